The maximum absolute atomic E-state index is 12.6. The van der Waals surface area contributed by atoms with E-state index in [4.69, 9.17) is 11.6 Å². The number of rotatable bonds is 5. The van der Waals surface area contributed by atoms with Crippen LogP contribution in [0.25, 0.3) is 28.4 Å². The fourth-order valence-corrected chi connectivity index (χ4v) is 4.76. The Morgan fingerprint density at radius 2 is 1.59 bits per heavy atom. The quantitative estimate of drug-likeness (QED) is 0.417. The fourth-order valence-electron chi connectivity index (χ4n) is 3.18. The van der Waals surface area contributed by atoms with Gasteiger partial charge in [-0.15, -0.1) is 10.2 Å². The summed E-state index contributed by atoms with van der Waals surface area (Å²) in [6.45, 7) is 0. The highest BCUT2D eigenvalue weighted by molar-refractivity contribution is 7.92. The number of hydrogen-bond donors (Lipinski definition) is 1. The third kappa shape index (κ3) is 3.79. The van der Waals surface area contributed by atoms with E-state index < -0.39 is 10.0 Å². The van der Waals surface area contributed by atoms with Gasteiger partial charge in [0.1, 0.15) is 10.6 Å². The summed E-state index contributed by atoms with van der Waals surface area (Å²) in [5.41, 5.74) is 3.14. The van der Waals surface area contributed by atoms with E-state index in [-0.39, 0.29) is 9.92 Å². The number of aromatic nitrogens is 5. The molecule has 5 aromatic rings. The first kappa shape index (κ1) is 20.1. The Hall–Kier alpha value is -3.82. The Balaban J connectivity index is 1.45. The Kier molecular flexibility index (Phi) is 5.04. The summed E-state index contributed by atoms with van der Waals surface area (Å²) in [4.78, 5) is 4.33. The van der Waals surface area contributed by atoms with E-state index in [2.05, 4.69) is 25.0 Å². The van der Waals surface area contributed by atoms with E-state index >= 15 is 0 Å². The topological polar surface area (TPSA) is 102 Å². The van der Waals surface area contributed by atoms with Gasteiger partial charge in [0.15, 0.2) is 5.65 Å². The van der Waals surface area contributed by atoms with Gasteiger partial charge in [-0.05, 0) is 48.5 Å². The molecule has 3 aromatic heterocycles. The second kappa shape index (κ2) is 8.03. The van der Waals surface area contributed by atoms with Crippen molar-refractivity contribution in [2.75, 3.05) is 4.72 Å². The minimum atomic E-state index is -3.80. The summed E-state index contributed by atoms with van der Waals surface area (Å²) >= 11 is 6.03. The number of hydrogen-bond acceptors (Lipinski definition) is 6. The summed E-state index contributed by atoms with van der Waals surface area (Å²) in [6, 6.07) is 22.4. The first-order valence-corrected chi connectivity index (χ1v) is 11.4. The lowest BCUT2D eigenvalue weighted by atomic mass is 10.1. The summed E-state index contributed by atoms with van der Waals surface area (Å²) in [6.07, 6.45) is 1.68. The number of halogens is 1. The number of benzene rings is 2. The highest BCUT2D eigenvalue weighted by atomic mass is 35.5. The van der Waals surface area contributed by atoms with Crippen LogP contribution in [0, 0.1) is 0 Å². The summed E-state index contributed by atoms with van der Waals surface area (Å²) in [5, 5.41) is 13.1. The molecule has 0 aliphatic heterocycles. The molecule has 0 aliphatic carbocycles. The molecule has 0 bridgehead atoms. The monoisotopic (exact) mass is 462 g/mol. The second-order valence-electron chi connectivity index (χ2n) is 6.84. The first-order valence-electron chi connectivity index (χ1n) is 9.53. The molecule has 158 valence electrons. The van der Waals surface area contributed by atoms with Crippen LogP contribution >= 0.6 is 11.6 Å². The van der Waals surface area contributed by atoms with E-state index in [0.717, 1.165) is 5.56 Å². The SMILES string of the molecule is O=S(=O)(Nc1ccc(-c2ccc3nnc(-c4ccccn4)n3n2)cc1)c1ccccc1Cl. The highest BCUT2D eigenvalue weighted by Crippen LogP contribution is 2.25. The van der Waals surface area contributed by atoms with E-state index in [1.165, 1.54) is 12.1 Å². The number of sulfonamides is 1. The third-order valence-corrected chi connectivity index (χ3v) is 6.60. The molecule has 0 aliphatic rings. The second-order valence-corrected chi connectivity index (χ2v) is 8.90. The lowest BCUT2D eigenvalue weighted by Gasteiger charge is -2.10. The van der Waals surface area contributed by atoms with Gasteiger partial charge < -0.3 is 0 Å². The lowest BCUT2D eigenvalue weighted by Crippen LogP contribution is -2.13. The molecule has 5 rings (SSSR count). The van der Waals surface area contributed by atoms with Gasteiger partial charge in [0, 0.05) is 17.4 Å². The normalized spacial score (nSPS) is 11.5. The molecule has 0 unspecified atom stereocenters. The van der Waals surface area contributed by atoms with Crippen LogP contribution < -0.4 is 4.72 Å². The summed E-state index contributed by atoms with van der Waals surface area (Å²) < 4.78 is 29.4. The Labute approximate surface area is 188 Å². The molecule has 0 amide bonds. The van der Waals surface area contributed by atoms with Gasteiger partial charge in [-0.25, -0.2) is 8.42 Å². The molecule has 0 saturated heterocycles. The zero-order valence-corrected chi connectivity index (χ0v) is 18.0. The number of nitrogens with zero attached hydrogens (tertiary/aromatic N) is 5. The average molecular weight is 463 g/mol. The highest BCUT2D eigenvalue weighted by Gasteiger charge is 2.17. The van der Waals surface area contributed by atoms with E-state index in [0.29, 0.717) is 28.5 Å². The molecule has 10 heteroatoms. The fraction of sp³-hybridized carbons (Fsp3) is 0. The van der Waals surface area contributed by atoms with Gasteiger partial charge in [0.2, 0.25) is 5.82 Å². The van der Waals surface area contributed by atoms with Crippen molar-refractivity contribution in [3.63, 3.8) is 0 Å². The van der Waals surface area contributed by atoms with Crippen molar-refractivity contribution in [3.8, 4) is 22.8 Å². The Morgan fingerprint density at radius 1 is 0.812 bits per heavy atom. The van der Waals surface area contributed by atoms with Crippen LogP contribution in [-0.2, 0) is 10.0 Å². The van der Waals surface area contributed by atoms with Crippen LogP contribution in [0.4, 0.5) is 5.69 Å². The van der Waals surface area contributed by atoms with Crippen molar-refractivity contribution in [1.29, 1.82) is 0 Å². The van der Waals surface area contributed by atoms with E-state index in [9.17, 15) is 8.42 Å². The smallest absolute Gasteiger partial charge is 0.263 e. The van der Waals surface area contributed by atoms with Crippen molar-refractivity contribution in [2.45, 2.75) is 4.90 Å². The zero-order valence-electron chi connectivity index (χ0n) is 16.4. The Morgan fingerprint density at radius 3 is 2.34 bits per heavy atom. The van der Waals surface area contributed by atoms with Crippen molar-refractivity contribution < 1.29 is 8.42 Å². The van der Waals surface area contributed by atoms with Crippen molar-refractivity contribution in [2.24, 2.45) is 0 Å². The minimum absolute atomic E-state index is 0.0209. The average Bonchev–Trinajstić information content (AvgIpc) is 3.23. The standard InChI is InChI=1S/C22H15ClN6O2S/c23-17-5-1-2-7-20(17)32(30,31)28-16-10-8-15(9-11-16)18-12-13-21-25-26-22(29(21)27-18)19-6-3-4-14-24-19/h1-14,28H. The minimum Gasteiger partial charge on any atom is -0.280 e. The summed E-state index contributed by atoms with van der Waals surface area (Å²) in [5.74, 6) is 0.534. The van der Waals surface area contributed by atoms with Gasteiger partial charge in [0.05, 0.1) is 10.7 Å². The van der Waals surface area contributed by atoms with Crippen molar-refractivity contribution in [3.05, 3.63) is 90.1 Å². The molecule has 0 radical (unpaired) electrons. The van der Waals surface area contributed by atoms with Gasteiger partial charge in [-0.3, -0.25) is 9.71 Å². The molecular formula is C22H15ClN6O2S. The lowest BCUT2D eigenvalue weighted by molar-refractivity contribution is 0.601. The number of anilines is 1. The van der Waals surface area contributed by atoms with Crippen molar-refractivity contribution >= 4 is 33.0 Å². The molecular weight excluding hydrogens is 448 g/mol. The van der Waals surface area contributed by atoms with Crippen LogP contribution in [0.2, 0.25) is 5.02 Å². The number of nitrogens with one attached hydrogen (secondary N) is 1. The van der Waals surface area contributed by atoms with Gasteiger partial charge >= 0.3 is 0 Å². The van der Waals surface area contributed by atoms with Crippen LogP contribution in [0.15, 0.2) is 90.0 Å². The van der Waals surface area contributed by atoms with E-state index in [1.54, 1.807) is 47.1 Å². The van der Waals surface area contributed by atoms with E-state index in [1.807, 2.05) is 30.3 Å². The number of pyridine rings is 1. The molecule has 1 N–H and O–H groups in total. The van der Waals surface area contributed by atoms with Gasteiger partial charge in [0.25, 0.3) is 10.0 Å². The third-order valence-electron chi connectivity index (χ3n) is 4.72. The molecule has 3 heterocycles. The molecule has 32 heavy (non-hydrogen) atoms. The molecule has 2 aromatic carbocycles. The molecule has 0 spiro atoms. The van der Waals surface area contributed by atoms with Crippen molar-refractivity contribution in [1.82, 2.24) is 24.8 Å². The predicted molar refractivity (Wildman–Crippen MR) is 122 cm³/mol. The largest absolute Gasteiger partial charge is 0.280 e. The van der Waals surface area contributed by atoms with Crippen LogP contribution in [0.3, 0.4) is 0 Å². The Bertz CT molecular complexity index is 1520. The molecule has 0 atom stereocenters. The molecule has 0 fully saturated rings. The molecule has 0 saturated carbocycles. The van der Waals surface area contributed by atoms with Crippen LogP contribution in [0.1, 0.15) is 0 Å². The van der Waals surface area contributed by atoms with Gasteiger partial charge in [-0.2, -0.15) is 9.61 Å². The maximum atomic E-state index is 12.6. The first-order chi connectivity index (χ1) is 15.5. The zero-order chi connectivity index (χ0) is 22.1. The maximum Gasteiger partial charge on any atom is 0.263 e. The van der Waals surface area contributed by atoms with Crippen LogP contribution in [0.5, 0.6) is 0 Å². The predicted octanol–water partition coefficient (Wildman–Crippen LogP) is 4.31. The number of fused-ring (bicyclic) bond motifs is 1. The van der Waals surface area contributed by atoms with Crippen LogP contribution in [-0.4, -0.2) is 33.2 Å². The molecule has 8 nitrogen and oxygen atoms in total. The van der Waals surface area contributed by atoms with Gasteiger partial charge in [-0.1, -0.05) is 41.9 Å². The summed E-state index contributed by atoms with van der Waals surface area (Å²) in [7, 11) is -3.80.